The lowest BCUT2D eigenvalue weighted by molar-refractivity contribution is -0.116. The monoisotopic (exact) mass is 263 g/mol. The number of rotatable bonds is 5. The second kappa shape index (κ2) is 5.71. The van der Waals surface area contributed by atoms with Crippen LogP contribution in [0.1, 0.15) is 12.8 Å². The number of hydrogen-bond donors (Lipinski definition) is 2. The van der Waals surface area contributed by atoms with Gasteiger partial charge >= 0.3 is 0 Å². The van der Waals surface area contributed by atoms with E-state index in [-0.39, 0.29) is 11.5 Å². The standard InChI is InChI=1S/C13H17N3O3/c1-16-11-6-5-9(8-10(11)13(18)15-16)14-12(17)4-3-7-19-2/h5-6,8H,3-4,7H2,1-2H3,(H,14,17)(H,15,18). The third kappa shape index (κ3) is 3.03. The van der Waals surface area contributed by atoms with Gasteiger partial charge in [-0.25, -0.2) is 0 Å². The van der Waals surface area contributed by atoms with Gasteiger partial charge in [-0.15, -0.1) is 0 Å². The van der Waals surface area contributed by atoms with Crippen LogP contribution in [0.2, 0.25) is 0 Å². The van der Waals surface area contributed by atoms with Crippen molar-refractivity contribution >= 4 is 22.5 Å². The summed E-state index contributed by atoms with van der Waals surface area (Å²) in [6.07, 6.45) is 1.08. The van der Waals surface area contributed by atoms with E-state index in [2.05, 4.69) is 10.4 Å². The molecule has 0 aliphatic rings. The molecule has 6 heteroatoms. The Labute approximate surface area is 110 Å². The molecule has 0 spiro atoms. The molecule has 0 unspecified atom stereocenters. The van der Waals surface area contributed by atoms with Crippen LogP contribution in [0, 0.1) is 0 Å². The molecular weight excluding hydrogens is 246 g/mol. The van der Waals surface area contributed by atoms with E-state index in [1.165, 1.54) is 0 Å². The highest BCUT2D eigenvalue weighted by molar-refractivity contribution is 5.93. The second-order valence-electron chi connectivity index (χ2n) is 4.38. The largest absolute Gasteiger partial charge is 0.385 e. The van der Waals surface area contributed by atoms with Gasteiger partial charge in [-0.2, -0.15) is 0 Å². The van der Waals surface area contributed by atoms with Crippen molar-refractivity contribution in [3.05, 3.63) is 28.6 Å². The molecule has 1 heterocycles. The van der Waals surface area contributed by atoms with E-state index >= 15 is 0 Å². The number of hydrogen-bond acceptors (Lipinski definition) is 3. The highest BCUT2D eigenvalue weighted by Gasteiger charge is 2.07. The number of aromatic amines is 1. The van der Waals surface area contributed by atoms with Crippen molar-refractivity contribution < 1.29 is 9.53 Å². The molecule has 102 valence electrons. The summed E-state index contributed by atoms with van der Waals surface area (Å²) in [4.78, 5) is 23.3. The van der Waals surface area contributed by atoms with Gasteiger partial charge in [0.25, 0.3) is 5.56 Å². The molecule has 2 aromatic rings. The van der Waals surface area contributed by atoms with Crippen molar-refractivity contribution in [2.45, 2.75) is 12.8 Å². The molecular formula is C13H17N3O3. The number of anilines is 1. The molecule has 0 aliphatic carbocycles. The van der Waals surface area contributed by atoms with E-state index in [4.69, 9.17) is 4.74 Å². The van der Waals surface area contributed by atoms with Crippen LogP contribution < -0.4 is 10.9 Å². The zero-order chi connectivity index (χ0) is 13.8. The van der Waals surface area contributed by atoms with Crippen molar-refractivity contribution in [1.29, 1.82) is 0 Å². The summed E-state index contributed by atoms with van der Waals surface area (Å²) in [5.74, 6) is -0.0799. The lowest BCUT2D eigenvalue weighted by Gasteiger charge is -2.05. The molecule has 1 aromatic heterocycles. The summed E-state index contributed by atoms with van der Waals surface area (Å²) in [7, 11) is 3.38. The van der Waals surface area contributed by atoms with Crippen LogP contribution in [0.25, 0.3) is 10.9 Å². The van der Waals surface area contributed by atoms with Crippen LogP contribution in [0.3, 0.4) is 0 Å². The van der Waals surface area contributed by atoms with Crippen LogP contribution in [0.15, 0.2) is 23.0 Å². The first-order valence-electron chi connectivity index (χ1n) is 6.09. The minimum Gasteiger partial charge on any atom is -0.385 e. The maximum Gasteiger partial charge on any atom is 0.272 e. The fourth-order valence-electron chi connectivity index (χ4n) is 1.96. The van der Waals surface area contributed by atoms with Gasteiger partial charge in [0.15, 0.2) is 0 Å². The van der Waals surface area contributed by atoms with Crippen LogP contribution >= 0.6 is 0 Å². The molecule has 6 nitrogen and oxygen atoms in total. The maximum atomic E-state index is 11.7. The SMILES string of the molecule is COCCCC(=O)Nc1ccc2c(c1)c(=O)[nH]n2C. The number of H-pyrrole nitrogens is 1. The number of benzene rings is 1. The van der Waals surface area contributed by atoms with Crippen LogP contribution in [-0.2, 0) is 16.6 Å². The first-order chi connectivity index (χ1) is 9.11. The Balaban J connectivity index is 2.11. The van der Waals surface area contributed by atoms with Crippen molar-refractivity contribution in [2.75, 3.05) is 19.0 Å². The van der Waals surface area contributed by atoms with Gasteiger partial charge in [-0.1, -0.05) is 0 Å². The summed E-state index contributed by atoms with van der Waals surface area (Å²) in [5, 5.41) is 6.01. The highest BCUT2D eigenvalue weighted by atomic mass is 16.5. The minimum atomic E-state index is -0.159. The Kier molecular flexibility index (Phi) is 4.01. The molecule has 19 heavy (non-hydrogen) atoms. The van der Waals surface area contributed by atoms with Gasteiger partial charge in [-0.05, 0) is 24.6 Å². The maximum absolute atomic E-state index is 11.7. The van der Waals surface area contributed by atoms with Gasteiger partial charge in [0.2, 0.25) is 5.91 Å². The quantitative estimate of drug-likeness (QED) is 0.797. The van der Waals surface area contributed by atoms with Crippen molar-refractivity contribution in [3.63, 3.8) is 0 Å². The van der Waals surface area contributed by atoms with Crippen molar-refractivity contribution in [2.24, 2.45) is 7.05 Å². The Morgan fingerprint density at radius 3 is 3.00 bits per heavy atom. The number of carbonyl (C=O) groups excluding carboxylic acids is 1. The molecule has 0 bridgehead atoms. The number of amides is 1. The van der Waals surface area contributed by atoms with E-state index in [1.807, 2.05) is 0 Å². The molecule has 0 fully saturated rings. The first kappa shape index (κ1) is 13.4. The number of ether oxygens (including phenoxy) is 1. The lowest BCUT2D eigenvalue weighted by Crippen LogP contribution is -2.12. The zero-order valence-electron chi connectivity index (χ0n) is 11.0. The van der Waals surface area contributed by atoms with E-state index in [0.717, 1.165) is 5.52 Å². The zero-order valence-corrected chi connectivity index (χ0v) is 11.0. The molecule has 2 N–H and O–H groups in total. The van der Waals surface area contributed by atoms with Crippen LogP contribution in [-0.4, -0.2) is 29.4 Å². The fraction of sp³-hybridized carbons (Fsp3) is 0.385. The third-order valence-electron chi connectivity index (χ3n) is 2.91. The summed E-state index contributed by atoms with van der Waals surface area (Å²) < 4.78 is 6.54. The van der Waals surface area contributed by atoms with Gasteiger partial charge in [0.1, 0.15) is 0 Å². The topological polar surface area (TPSA) is 76.1 Å². The summed E-state index contributed by atoms with van der Waals surface area (Å²) >= 11 is 0. The van der Waals surface area contributed by atoms with Gasteiger partial charge in [0.05, 0.1) is 10.9 Å². The van der Waals surface area contributed by atoms with E-state index < -0.39 is 0 Å². The number of fused-ring (bicyclic) bond motifs is 1. The van der Waals surface area contributed by atoms with Gasteiger partial charge in [0, 0.05) is 32.9 Å². The van der Waals surface area contributed by atoms with E-state index in [0.29, 0.717) is 30.5 Å². The number of aromatic nitrogens is 2. The Hall–Kier alpha value is -2.08. The first-order valence-corrected chi connectivity index (χ1v) is 6.09. The number of methoxy groups -OCH3 is 1. The molecule has 1 aromatic carbocycles. The second-order valence-corrected chi connectivity index (χ2v) is 4.38. The van der Waals surface area contributed by atoms with Crippen LogP contribution in [0.5, 0.6) is 0 Å². The minimum absolute atomic E-state index is 0.0799. The Morgan fingerprint density at radius 1 is 1.47 bits per heavy atom. The Bertz CT molecular complexity index is 642. The van der Waals surface area contributed by atoms with Crippen LogP contribution in [0.4, 0.5) is 5.69 Å². The Morgan fingerprint density at radius 2 is 2.26 bits per heavy atom. The molecule has 0 aliphatic heterocycles. The van der Waals surface area contributed by atoms with Crippen molar-refractivity contribution in [3.8, 4) is 0 Å². The summed E-state index contributed by atoms with van der Waals surface area (Å²) in [6.45, 7) is 0.560. The van der Waals surface area contributed by atoms with Gasteiger partial charge in [-0.3, -0.25) is 19.4 Å². The summed E-state index contributed by atoms with van der Waals surface area (Å²) in [6, 6.07) is 5.27. The predicted octanol–water partition coefficient (Wildman–Crippen LogP) is 1.23. The molecule has 2 rings (SSSR count). The number of carbonyl (C=O) groups is 1. The number of aryl methyl sites for hydroxylation is 1. The van der Waals surface area contributed by atoms with Crippen molar-refractivity contribution in [1.82, 2.24) is 9.78 Å². The summed E-state index contributed by atoms with van der Waals surface area (Å²) in [5.41, 5.74) is 1.28. The predicted molar refractivity (Wildman–Crippen MR) is 73.3 cm³/mol. The van der Waals surface area contributed by atoms with E-state index in [9.17, 15) is 9.59 Å². The number of nitrogens with zero attached hydrogens (tertiary/aromatic N) is 1. The van der Waals surface area contributed by atoms with E-state index in [1.54, 1.807) is 37.0 Å². The average Bonchev–Trinajstić information content (AvgIpc) is 2.65. The molecule has 1 amide bonds. The lowest BCUT2D eigenvalue weighted by atomic mass is 10.2. The molecule has 0 radical (unpaired) electrons. The molecule has 0 saturated carbocycles. The third-order valence-corrected chi connectivity index (χ3v) is 2.91. The van der Waals surface area contributed by atoms with Gasteiger partial charge < -0.3 is 10.1 Å². The fourth-order valence-corrected chi connectivity index (χ4v) is 1.96. The smallest absolute Gasteiger partial charge is 0.272 e. The number of nitrogens with one attached hydrogen (secondary N) is 2. The normalized spacial score (nSPS) is 10.8. The molecule has 0 saturated heterocycles. The highest BCUT2D eigenvalue weighted by Crippen LogP contribution is 2.15. The molecule has 0 atom stereocenters. The average molecular weight is 263 g/mol.